The van der Waals surface area contributed by atoms with Crippen LogP contribution in [0.15, 0.2) is 23.3 Å². The van der Waals surface area contributed by atoms with Gasteiger partial charge in [0, 0.05) is 5.56 Å². The number of rotatable bonds is 5. The highest BCUT2D eigenvalue weighted by molar-refractivity contribution is 5.97. The summed E-state index contributed by atoms with van der Waals surface area (Å²) < 4.78 is 10.9. The van der Waals surface area contributed by atoms with E-state index in [0.29, 0.717) is 24.7 Å². The number of nitrogens with zero attached hydrogens (tertiary/aromatic N) is 1. The molecule has 1 aromatic rings. The number of hydrogen-bond acceptors (Lipinski definition) is 4. The van der Waals surface area contributed by atoms with Crippen molar-refractivity contribution >= 4 is 5.84 Å². The van der Waals surface area contributed by atoms with Crippen molar-refractivity contribution < 1.29 is 9.47 Å². The zero-order valence-electron chi connectivity index (χ0n) is 9.56. The first-order valence-corrected chi connectivity index (χ1v) is 5.16. The van der Waals surface area contributed by atoms with Crippen LogP contribution in [-0.4, -0.2) is 19.0 Å². The zero-order valence-corrected chi connectivity index (χ0v) is 9.56. The van der Waals surface area contributed by atoms with Gasteiger partial charge in [0.1, 0.15) is 5.84 Å². The van der Waals surface area contributed by atoms with Crippen molar-refractivity contribution in [2.75, 3.05) is 13.2 Å². The van der Waals surface area contributed by atoms with Crippen LogP contribution in [0.2, 0.25) is 0 Å². The summed E-state index contributed by atoms with van der Waals surface area (Å²) in [6, 6.07) is 5.35. The molecule has 0 spiro atoms. The zero-order chi connectivity index (χ0) is 12.0. The monoisotopic (exact) mass is 223 g/mol. The Morgan fingerprint density at radius 1 is 1.19 bits per heavy atom. The molecule has 88 valence electrons. The minimum Gasteiger partial charge on any atom is -0.490 e. The first kappa shape index (κ1) is 12.2. The maximum atomic E-state index is 5.61. The van der Waals surface area contributed by atoms with Gasteiger partial charge in [0.05, 0.1) is 13.2 Å². The first-order valence-electron chi connectivity index (χ1n) is 5.16. The summed E-state index contributed by atoms with van der Waals surface area (Å²) in [6.07, 6.45) is 0. The van der Waals surface area contributed by atoms with E-state index in [2.05, 4.69) is 5.10 Å². The van der Waals surface area contributed by atoms with Crippen molar-refractivity contribution in [1.82, 2.24) is 0 Å². The highest BCUT2D eigenvalue weighted by Crippen LogP contribution is 2.28. The summed E-state index contributed by atoms with van der Waals surface area (Å²) in [5.41, 5.74) is 6.33. The van der Waals surface area contributed by atoms with Crippen molar-refractivity contribution in [2.24, 2.45) is 16.7 Å². The highest BCUT2D eigenvalue weighted by Gasteiger charge is 2.07. The lowest BCUT2D eigenvalue weighted by Gasteiger charge is -2.11. The molecule has 0 aromatic heterocycles. The lowest BCUT2D eigenvalue weighted by Crippen LogP contribution is -2.15. The van der Waals surface area contributed by atoms with Gasteiger partial charge in [-0.05, 0) is 32.0 Å². The second-order valence-electron chi connectivity index (χ2n) is 3.04. The predicted octanol–water partition coefficient (Wildman–Crippen LogP) is 1.06. The molecule has 1 rings (SSSR count). The van der Waals surface area contributed by atoms with Gasteiger partial charge in [0.25, 0.3) is 0 Å². The number of nitrogens with two attached hydrogens (primary N) is 2. The third kappa shape index (κ3) is 2.79. The second-order valence-corrected chi connectivity index (χ2v) is 3.04. The van der Waals surface area contributed by atoms with Crippen LogP contribution in [0.3, 0.4) is 0 Å². The van der Waals surface area contributed by atoms with Gasteiger partial charge >= 0.3 is 0 Å². The summed E-state index contributed by atoms with van der Waals surface area (Å²) in [7, 11) is 0. The Kier molecular flexibility index (Phi) is 4.44. The van der Waals surface area contributed by atoms with Crippen molar-refractivity contribution in [3.05, 3.63) is 23.8 Å². The average molecular weight is 223 g/mol. The van der Waals surface area contributed by atoms with Crippen LogP contribution in [0.25, 0.3) is 0 Å². The van der Waals surface area contributed by atoms with Crippen molar-refractivity contribution in [3.8, 4) is 11.5 Å². The largest absolute Gasteiger partial charge is 0.490 e. The molecular formula is C11H17N3O2. The van der Waals surface area contributed by atoms with Crippen LogP contribution < -0.4 is 21.1 Å². The molecule has 1 aromatic carbocycles. The predicted molar refractivity (Wildman–Crippen MR) is 63.7 cm³/mol. The van der Waals surface area contributed by atoms with Crippen LogP contribution in [0.5, 0.6) is 11.5 Å². The molecule has 0 fully saturated rings. The smallest absolute Gasteiger partial charge is 0.161 e. The first-order chi connectivity index (χ1) is 7.72. The maximum Gasteiger partial charge on any atom is 0.161 e. The molecular weight excluding hydrogens is 206 g/mol. The van der Waals surface area contributed by atoms with E-state index in [1.807, 2.05) is 13.8 Å². The fourth-order valence-corrected chi connectivity index (χ4v) is 1.28. The third-order valence-corrected chi connectivity index (χ3v) is 1.98. The molecule has 5 heteroatoms. The lowest BCUT2D eigenvalue weighted by molar-refractivity contribution is 0.287. The van der Waals surface area contributed by atoms with Gasteiger partial charge in [-0.15, -0.1) is 0 Å². The van der Waals surface area contributed by atoms with Gasteiger partial charge in [-0.3, -0.25) is 0 Å². The summed E-state index contributed by atoms with van der Waals surface area (Å²) >= 11 is 0. The van der Waals surface area contributed by atoms with Crippen LogP contribution in [0.4, 0.5) is 0 Å². The van der Waals surface area contributed by atoms with E-state index in [0.717, 1.165) is 5.56 Å². The molecule has 0 atom stereocenters. The highest BCUT2D eigenvalue weighted by atomic mass is 16.5. The molecule has 5 nitrogen and oxygen atoms in total. The maximum absolute atomic E-state index is 5.61. The molecule has 0 radical (unpaired) electrons. The molecule has 0 aliphatic rings. The van der Waals surface area contributed by atoms with Crippen LogP contribution in [0.1, 0.15) is 19.4 Å². The minimum absolute atomic E-state index is 0.268. The minimum atomic E-state index is 0.268. The quantitative estimate of drug-likeness (QED) is 0.338. The molecule has 0 heterocycles. The van der Waals surface area contributed by atoms with Gasteiger partial charge in [-0.2, -0.15) is 5.10 Å². The SMILES string of the molecule is CCOc1ccc(/C(N)=N/N)cc1OCC. The number of ether oxygens (including phenoxy) is 2. The Morgan fingerprint density at radius 3 is 2.38 bits per heavy atom. The van der Waals surface area contributed by atoms with E-state index >= 15 is 0 Å². The van der Waals surface area contributed by atoms with Crippen LogP contribution in [-0.2, 0) is 0 Å². The summed E-state index contributed by atoms with van der Waals surface area (Å²) in [5.74, 6) is 6.72. The normalized spacial score (nSPS) is 11.2. The topological polar surface area (TPSA) is 82.9 Å². The molecule has 0 amide bonds. The molecule has 0 saturated carbocycles. The van der Waals surface area contributed by atoms with Crippen LogP contribution >= 0.6 is 0 Å². The fraction of sp³-hybridized carbons (Fsp3) is 0.364. The molecule has 4 N–H and O–H groups in total. The number of amidine groups is 1. The Bertz CT molecular complexity index is 377. The standard InChI is InChI=1S/C11H17N3O2/c1-3-15-9-6-5-8(11(12)14-13)7-10(9)16-4-2/h5-7H,3-4,13H2,1-2H3,(H2,12,14). The third-order valence-electron chi connectivity index (χ3n) is 1.98. The van der Waals surface area contributed by atoms with E-state index in [4.69, 9.17) is 21.1 Å². The Labute approximate surface area is 95.0 Å². The lowest BCUT2D eigenvalue weighted by atomic mass is 10.2. The number of hydrogen-bond donors (Lipinski definition) is 2. The van der Waals surface area contributed by atoms with Crippen molar-refractivity contribution in [2.45, 2.75) is 13.8 Å². The number of hydrazone groups is 1. The van der Waals surface area contributed by atoms with E-state index in [-0.39, 0.29) is 5.84 Å². The van der Waals surface area contributed by atoms with Gasteiger partial charge in [-0.1, -0.05) is 0 Å². The second kappa shape index (κ2) is 5.85. The van der Waals surface area contributed by atoms with Gasteiger partial charge in [0.15, 0.2) is 11.5 Å². The van der Waals surface area contributed by atoms with E-state index in [1.165, 1.54) is 0 Å². The Morgan fingerprint density at radius 2 is 1.81 bits per heavy atom. The Hall–Kier alpha value is -1.91. The number of benzene rings is 1. The van der Waals surface area contributed by atoms with Crippen molar-refractivity contribution in [1.29, 1.82) is 0 Å². The Balaban J connectivity index is 3.06. The summed E-state index contributed by atoms with van der Waals surface area (Å²) in [5, 5.41) is 3.43. The van der Waals surface area contributed by atoms with Crippen molar-refractivity contribution in [3.63, 3.8) is 0 Å². The molecule has 0 saturated heterocycles. The van der Waals surface area contributed by atoms with E-state index in [1.54, 1.807) is 18.2 Å². The molecule has 0 aliphatic carbocycles. The van der Waals surface area contributed by atoms with Gasteiger partial charge in [0.2, 0.25) is 0 Å². The molecule has 16 heavy (non-hydrogen) atoms. The van der Waals surface area contributed by atoms with Gasteiger partial charge < -0.3 is 21.1 Å². The summed E-state index contributed by atoms with van der Waals surface area (Å²) in [6.45, 7) is 4.96. The molecule has 0 aliphatic heterocycles. The average Bonchev–Trinajstić information content (AvgIpc) is 2.31. The van der Waals surface area contributed by atoms with Gasteiger partial charge in [-0.25, -0.2) is 0 Å². The van der Waals surface area contributed by atoms with E-state index in [9.17, 15) is 0 Å². The summed E-state index contributed by atoms with van der Waals surface area (Å²) in [4.78, 5) is 0. The van der Waals surface area contributed by atoms with E-state index < -0.39 is 0 Å². The van der Waals surface area contributed by atoms with Crippen LogP contribution in [0, 0.1) is 0 Å². The fourth-order valence-electron chi connectivity index (χ4n) is 1.28. The molecule has 0 bridgehead atoms. The molecule has 0 unspecified atom stereocenters.